The van der Waals surface area contributed by atoms with E-state index in [0.717, 1.165) is 32.1 Å². The second kappa shape index (κ2) is 6.32. The molecular formula is C10H18O5S. The molecule has 0 spiro atoms. The monoisotopic (exact) mass is 250 g/mol. The fraction of sp³-hybridized carbons (Fsp3) is 0.900. The molecule has 94 valence electrons. The van der Waals surface area contributed by atoms with E-state index in [4.69, 9.17) is 4.74 Å². The minimum atomic E-state index is -3.51. The molecule has 0 radical (unpaired) electrons. The van der Waals surface area contributed by atoms with Crippen LogP contribution in [0.3, 0.4) is 0 Å². The molecule has 1 rings (SSSR count). The molecule has 1 heterocycles. The van der Waals surface area contributed by atoms with Crippen LogP contribution in [-0.2, 0) is 23.8 Å². The highest BCUT2D eigenvalue weighted by Gasteiger charge is 2.16. The Labute approximate surface area is 96.2 Å². The van der Waals surface area contributed by atoms with Crippen LogP contribution in [0.1, 0.15) is 32.1 Å². The first-order valence-corrected chi connectivity index (χ1v) is 7.27. The fourth-order valence-corrected chi connectivity index (χ4v) is 1.95. The lowest BCUT2D eigenvalue weighted by molar-refractivity contribution is -0.122. The number of ketones is 1. The molecule has 0 aromatic carbocycles. The Hall–Kier alpha value is -0.460. The number of carbonyl (C=O) groups is 1. The average molecular weight is 250 g/mol. The van der Waals surface area contributed by atoms with E-state index in [1.165, 1.54) is 0 Å². The molecule has 0 bridgehead atoms. The van der Waals surface area contributed by atoms with Gasteiger partial charge in [-0.05, 0) is 25.7 Å². The van der Waals surface area contributed by atoms with E-state index in [-0.39, 0.29) is 18.5 Å². The van der Waals surface area contributed by atoms with Crippen molar-refractivity contribution < 1.29 is 22.1 Å². The summed E-state index contributed by atoms with van der Waals surface area (Å²) in [5, 5.41) is 0. The molecule has 0 amide bonds. The van der Waals surface area contributed by atoms with Crippen molar-refractivity contribution in [3.8, 4) is 0 Å². The maximum atomic E-state index is 11.3. The summed E-state index contributed by atoms with van der Waals surface area (Å²) in [6.45, 7) is 0.407. The largest absolute Gasteiger partial charge is 0.378 e. The van der Waals surface area contributed by atoms with Gasteiger partial charge in [-0.1, -0.05) is 0 Å². The van der Waals surface area contributed by atoms with E-state index in [1.54, 1.807) is 0 Å². The van der Waals surface area contributed by atoms with Crippen LogP contribution in [0.25, 0.3) is 0 Å². The second-order valence-electron chi connectivity index (χ2n) is 4.03. The predicted molar refractivity (Wildman–Crippen MR) is 58.6 cm³/mol. The maximum absolute atomic E-state index is 11.3. The third-order valence-corrected chi connectivity index (χ3v) is 3.00. The first-order valence-electron chi connectivity index (χ1n) is 5.45. The first kappa shape index (κ1) is 13.6. The Bertz CT molecular complexity index is 316. The highest BCUT2D eigenvalue weighted by molar-refractivity contribution is 7.86. The van der Waals surface area contributed by atoms with E-state index >= 15 is 0 Å². The number of Topliss-reactive ketones (excluding diaryl/α,β-unsaturated/α-hetero) is 1. The highest BCUT2D eigenvalue weighted by Crippen LogP contribution is 2.17. The summed E-state index contributed by atoms with van der Waals surface area (Å²) < 4.78 is 31.2. The molecule has 1 saturated heterocycles. The number of rotatable bonds is 6. The Kier molecular flexibility index (Phi) is 5.37. The molecule has 1 aliphatic rings. The lowest BCUT2D eigenvalue weighted by Gasteiger charge is -2.21. The van der Waals surface area contributed by atoms with Gasteiger partial charge in [-0.15, -0.1) is 0 Å². The Morgan fingerprint density at radius 3 is 2.75 bits per heavy atom. The molecular weight excluding hydrogens is 232 g/mol. The molecule has 0 saturated carbocycles. The van der Waals surface area contributed by atoms with Gasteiger partial charge in [-0.25, -0.2) is 0 Å². The fourth-order valence-electron chi connectivity index (χ4n) is 1.60. The molecule has 0 N–H and O–H groups in total. The van der Waals surface area contributed by atoms with Gasteiger partial charge in [0.15, 0.2) is 5.78 Å². The SMILES string of the molecule is CS(=O)(=O)OCC(=O)CCC1CCCCO1. The van der Waals surface area contributed by atoms with Crippen molar-refractivity contribution >= 4 is 15.9 Å². The van der Waals surface area contributed by atoms with Gasteiger partial charge >= 0.3 is 0 Å². The number of hydrogen-bond acceptors (Lipinski definition) is 5. The van der Waals surface area contributed by atoms with Gasteiger partial charge in [0, 0.05) is 13.0 Å². The van der Waals surface area contributed by atoms with Crippen LogP contribution in [0.4, 0.5) is 0 Å². The molecule has 1 aliphatic heterocycles. The number of carbonyl (C=O) groups excluding carboxylic acids is 1. The summed E-state index contributed by atoms with van der Waals surface area (Å²) in [5.74, 6) is -0.195. The van der Waals surface area contributed by atoms with Crippen LogP contribution in [0.5, 0.6) is 0 Å². The topological polar surface area (TPSA) is 69.7 Å². The molecule has 1 atom stereocenters. The lowest BCUT2D eigenvalue weighted by Crippen LogP contribution is -2.21. The molecule has 1 fully saturated rings. The third-order valence-electron chi connectivity index (χ3n) is 2.45. The van der Waals surface area contributed by atoms with Gasteiger partial charge in [0.2, 0.25) is 0 Å². The van der Waals surface area contributed by atoms with E-state index in [9.17, 15) is 13.2 Å². The average Bonchev–Trinajstić information content (AvgIpc) is 2.24. The van der Waals surface area contributed by atoms with Crippen LogP contribution >= 0.6 is 0 Å². The molecule has 0 aromatic heterocycles. The van der Waals surface area contributed by atoms with Crippen LogP contribution in [0.15, 0.2) is 0 Å². The van der Waals surface area contributed by atoms with Crippen LogP contribution < -0.4 is 0 Å². The molecule has 6 heteroatoms. The molecule has 0 aromatic rings. The molecule has 0 aliphatic carbocycles. The maximum Gasteiger partial charge on any atom is 0.264 e. The van der Waals surface area contributed by atoms with E-state index in [1.807, 2.05) is 0 Å². The van der Waals surface area contributed by atoms with Gasteiger partial charge in [0.1, 0.15) is 6.61 Å². The smallest absolute Gasteiger partial charge is 0.264 e. The van der Waals surface area contributed by atoms with Crippen LogP contribution in [0, 0.1) is 0 Å². The minimum absolute atomic E-state index is 0.149. The zero-order valence-electron chi connectivity index (χ0n) is 9.48. The van der Waals surface area contributed by atoms with Gasteiger partial charge in [-0.2, -0.15) is 8.42 Å². The van der Waals surface area contributed by atoms with Crippen molar-refractivity contribution in [3.05, 3.63) is 0 Å². The summed E-state index contributed by atoms with van der Waals surface area (Å²) >= 11 is 0. The van der Waals surface area contributed by atoms with E-state index in [0.29, 0.717) is 12.8 Å². The minimum Gasteiger partial charge on any atom is -0.378 e. The predicted octanol–water partition coefficient (Wildman–Crippen LogP) is 0.881. The standard InChI is InChI=1S/C10H18O5S/c1-16(12,13)15-8-9(11)5-6-10-4-2-3-7-14-10/h10H,2-8H2,1H3. The molecule has 5 nitrogen and oxygen atoms in total. The number of hydrogen-bond donors (Lipinski definition) is 0. The summed E-state index contributed by atoms with van der Waals surface area (Å²) in [6.07, 6.45) is 5.27. The van der Waals surface area contributed by atoms with Gasteiger partial charge in [0.25, 0.3) is 10.1 Å². The van der Waals surface area contributed by atoms with E-state index < -0.39 is 10.1 Å². The summed E-state index contributed by atoms with van der Waals surface area (Å²) in [4.78, 5) is 11.3. The Balaban J connectivity index is 2.14. The summed E-state index contributed by atoms with van der Waals surface area (Å²) in [7, 11) is -3.51. The summed E-state index contributed by atoms with van der Waals surface area (Å²) in [5.41, 5.74) is 0. The zero-order valence-corrected chi connectivity index (χ0v) is 10.3. The van der Waals surface area contributed by atoms with Crippen LogP contribution in [0.2, 0.25) is 0 Å². The van der Waals surface area contributed by atoms with E-state index in [2.05, 4.69) is 4.18 Å². The molecule has 16 heavy (non-hydrogen) atoms. The number of ether oxygens (including phenoxy) is 1. The normalized spacial score (nSPS) is 21.9. The van der Waals surface area contributed by atoms with Crippen molar-refractivity contribution in [2.75, 3.05) is 19.5 Å². The van der Waals surface area contributed by atoms with Crippen molar-refractivity contribution in [3.63, 3.8) is 0 Å². The van der Waals surface area contributed by atoms with Crippen molar-refractivity contribution in [2.24, 2.45) is 0 Å². The summed E-state index contributed by atoms with van der Waals surface area (Å²) in [6, 6.07) is 0. The van der Waals surface area contributed by atoms with Gasteiger partial charge in [-0.3, -0.25) is 8.98 Å². The zero-order chi connectivity index (χ0) is 12.0. The van der Waals surface area contributed by atoms with Crippen molar-refractivity contribution in [1.29, 1.82) is 0 Å². The Morgan fingerprint density at radius 1 is 1.44 bits per heavy atom. The van der Waals surface area contributed by atoms with Crippen LogP contribution in [-0.4, -0.2) is 39.8 Å². The van der Waals surface area contributed by atoms with Crippen molar-refractivity contribution in [2.45, 2.75) is 38.2 Å². The first-order chi connectivity index (χ1) is 7.47. The molecule has 1 unspecified atom stereocenters. The quantitative estimate of drug-likeness (QED) is 0.654. The highest BCUT2D eigenvalue weighted by atomic mass is 32.2. The van der Waals surface area contributed by atoms with Gasteiger partial charge in [0.05, 0.1) is 12.4 Å². The lowest BCUT2D eigenvalue weighted by atomic mass is 10.0. The third kappa shape index (κ3) is 6.19. The second-order valence-corrected chi connectivity index (χ2v) is 5.68. The Morgan fingerprint density at radius 2 is 2.19 bits per heavy atom. The van der Waals surface area contributed by atoms with Crippen molar-refractivity contribution in [1.82, 2.24) is 0 Å². The van der Waals surface area contributed by atoms with Gasteiger partial charge < -0.3 is 4.74 Å².